The molecule has 0 spiro atoms. The second kappa shape index (κ2) is 4.06. The first-order valence-electron chi connectivity index (χ1n) is 4.43. The van der Waals surface area contributed by atoms with Gasteiger partial charge in [-0.25, -0.2) is 13.2 Å². The summed E-state index contributed by atoms with van der Waals surface area (Å²) in [4.78, 5) is 10.4. The van der Waals surface area contributed by atoms with Crippen LogP contribution in [-0.4, -0.2) is 29.3 Å². The van der Waals surface area contributed by atoms with Crippen LogP contribution < -0.4 is 0 Å². The van der Waals surface area contributed by atoms with Gasteiger partial charge in [0.1, 0.15) is 4.90 Å². The van der Waals surface area contributed by atoms with Gasteiger partial charge in [0, 0.05) is 16.7 Å². The van der Waals surface area contributed by atoms with Crippen LogP contribution in [0.2, 0.25) is 0 Å². The van der Waals surface area contributed by atoms with E-state index in [1.807, 2.05) is 0 Å². The highest BCUT2D eigenvalue weighted by molar-refractivity contribution is 8.13. The molecule has 0 saturated carbocycles. The van der Waals surface area contributed by atoms with Crippen LogP contribution in [0, 0.1) is 6.92 Å². The van der Waals surface area contributed by atoms with Gasteiger partial charge in [0.05, 0.1) is 5.69 Å². The molecule has 0 saturated heterocycles. The highest BCUT2D eigenvalue weighted by Crippen LogP contribution is 2.25. The Morgan fingerprint density at radius 1 is 1.50 bits per heavy atom. The molecule has 90 valence electrons. The van der Waals surface area contributed by atoms with E-state index in [4.69, 9.17) is 15.8 Å². The fraction of sp³-hybridized carbons (Fsp3) is 0.500. The topological polar surface area (TPSA) is 89.3 Å². The van der Waals surface area contributed by atoms with Crippen molar-refractivity contribution >= 4 is 25.7 Å². The zero-order chi connectivity index (χ0) is 12.7. The highest BCUT2D eigenvalue weighted by Gasteiger charge is 2.29. The number of hydrogen-bond acceptors (Lipinski definition) is 4. The molecule has 8 heteroatoms. The molecule has 0 unspecified atom stereocenters. The summed E-state index contributed by atoms with van der Waals surface area (Å²) in [7, 11) is 1.07. The normalized spacial score (nSPS) is 12.1. The van der Waals surface area contributed by atoms with Crippen LogP contribution in [0.25, 0.3) is 0 Å². The maximum atomic E-state index is 11.3. The van der Waals surface area contributed by atoms with E-state index in [0.29, 0.717) is 0 Å². The van der Waals surface area contributed by atoms with Gasteiger partial charge < -0.3 is 5.11 Å². The number of halogens is 1. The molecular weight excluding hydrogens is 256 g/mol. The molecule has 16 heavy (non-hydrogen) atoms. The molecule has 1 rings (SSSR count). The van der Waals surface area contributed by atoms with E-state index < -0.39 is 25.6 Å². The number of aromatic carboxylic acids is 1. The molecule has 0 aliphatic carbocycles. The van der Waals surface area contributed by atoms with Crippen LogP contribution in [0.4, 0.5) is 0 Å². The summed E-state index contributed by atoms with van der Waals surface area (Å²) in [5.74, 6) is -1.42. The minimum absolute atomic E-state index is 0.148. The van der Waals surface area contributed by atoms with Crippen molar-refractivity contribution in [2.75, 3.05) is 0 Å². The van der Waals surface area contributed by atoms with Crippen molar-refractivity contribution in [3.8, 4) is 0 Å². The highest BCUT2D eigenvalue weighted by atomic mass is 35.7. The summed E-state index contributed by atoms with van der Waals surface area (Å²) < 4.78 is 23.8. The number of aromatic nitrogens is 2. The number of carboxylic acids is 1. The van der Waals surface area contributed by atoms with E-state index >= 15 is 0 Å². The number of nitrogens with zero attached hydrogens (tertiary/aromatic N) is 2. The molecular formula is C8H11ClN2O4S. The van der Waals surface area contributed by atoms with Crippen LogP contribution in [0.15, 0.2) is 4.90 Å². The maximum absolute atomic E-state index is 11.3. The third kappa shape index (κ3) is 2.19. The minimum Gasteiger partial charge on any atom is -0.476 e. The SMILES string of the molecule is Cc1c(S(=O)(=O)Cl)c(C(=O)O)nn1C(C)C. The van der Waals surface area contributed by atoms with Gasteiger partial charge in [0.25, 0.3) is 9.05 Å². The summed E-state index contributed by atoms with van der Waals surface area (Å²) in [5.41, 5.74) is -0.316. The van der Waals surface area contributed by atoms with Gasteiger partial charge >= 0.3 is 5.97 Å². The van der Waals surface area contributed by atoms with Crippen molar-refractivity contribution in [2.45, 2.75) is 31.7 Å². The number of carboxylic acid groups (broad SMARTS) is 1. The lowest BCUT2D eigenvalue weighted by Gasteiger charge is -2.07. The molecule has 0 aliphatic heterocycles. The maximum Gasteiger partial charge on any atom is 0.357 e. The fourth-order valence-electron chi connectivity index (χ4n) is 1.44. The second-order valence-electron chi connectivity index (χ2n) is 3.54. The van der Waals surface area contributed by atoms with Crippen LogP contribution in [-0.2, 0) is 9.05 Å². The van der Waals surface area contributed by atoms with Crippen LogP contribution in [0.5, 0.6) is 0 Å². The molecule has 0 aromatic carbocycles. The lowest BCUT2D eigenvalue weighted by atomic mass is 10.3. The average Bonchev–Trinajstić information content (AvgIpc) is 2.41. The zero-order valence-corrected chi connectivity index (χ0v) is 10.5. The summed E-state index contributed by atoms with van der Waals surface area (Å²) in [6, 6.07) is -0.148. The first kappa shape index (κ1) is 13.0. The molecule has 0 atom stereocenters. The van der Waals surface area contributed by atoms with Crippen molar-refractivity contribution < 1.29 is 18.3 Å². The van der Waals surface area contributed by atoms with E-state index in [-0.39, 0.29) is 11.7 Å². The number of hydrogen-bond donors (Lipinski definition) is 1. The smallest absolute Gasteiger partial charge is 0.357 e. The quantitative estimate of drug-likeness (QED) is 0.835. The summed E-state index contributed by atoms with van der Waals surface area (Å²) in [6.45, 7) is 4.99. The Morgan fingerprint density at radius 3 is 2.25 bits per heavy atom. The summed E-state index contributed by atoms with van der Waals surface area (Å²) >= 11 is 0. The van der Waals surface area contributed by atoms with Gasteiger partial charge in [0.2, 0.25) is 0 Å². The largest absolute Gasteiger partial charge is 0.476 e. The van der Waals surface area contributed by atoms with E-state index in [1.54, 1.807) is 13.8 Å². The zero-order valence-electron chi connectivity index (χ0n) is 8.93. The van der Waals surface area contributed by atoms with Gasteiger partial charge in [-0.05, 0) is 20.8 Å². The number of carbonyl (C=O) groups is 1. The minimum atomic E-state index is -4.11. The predicted octanol–water partition coefficient (Wildman–Crippen LogP) is 1.40. The lowest BCUT2D eigenvalue weighted by Crippen LogP contribution is -2.06. The Labute approximate surface area is 97.3 Å². The van der Waals surface area contributed by atoms with Gasteiger partial charge in [0.15, 0.2) is 5.69 Å². The van der Waals surface area contributed by atoms with Crippen LogP contribution in [0.1, 0.15) is 36.1 Å². The van der Waals surface area contributed by atoms with Crippen LogP contribution in [0.3, 0.4) is 0 Å². The van der Waals surface area contributed by atoms with Crippen molar-refractivity contribution in [3.63, 3.8) is 0 Å². The Kier molecular flexibility index (Phi) is 3.30. The molecule has 0 amide bonds. The van der Waals surface area contributed by atoms with Gasteiger partial charge in [-0.1, -0.05) is 0 Å². The van der Waals surface area contributed by atoms with Crippen LogP contribution >= 0.6 is 10.7 Å². The van der Waals surface area contributed by atoms with E-state index in [1.165, 1.54) is 11.6 Å². The van der Waals surface area contributed by atoms with Gasteiger partial charge in [-0.15, -0.1) is 0 Å². The standard InChI is InChI=1S/C8H11ClN2O4S/c1-4(2)11-5(3)7(16(9,14)15)6(10-11)8(12)13/h4H,1-3H3,(H,12,13). The fourth-order valence-corrected chi connectivity index (χ4v) is 2.80. The third-order valence-corrected chi connectivity index (χ3v) is 3.47. The summed E-state index contributed by atoms with van der Waals surface area (Å²) in [6.07, 6.45) is 0. The lowest BCUT2D eigenvalue weighted by molar-refractivity contribution is 0.0685. The second-order valence-corrected chi connectivity index (χ2v) is 6.05. The first-order chi connectivity index (χ1) is 7.16. The molecule has 1 heterocycles. The average molecular weight is 267 g/mol. The molecule has 0 radical (unpaired) electrons. The molecule has 0 fully saturated rings. The Bertz CT molecular complexity index is 532. The van der Waals surface area contributed by atoms with Crippen molar-refractivity contribution in [3.05, 3.63) is 11.4 Å². The number of rotatable bonds is 3. The molecule has 1 aromatic rings. The van der Waals surface area contributed by atoms with Gasteiger partial charge in [-0.3, -0.25) is 4.68 Å². The van der Waals surface area contributed by atoms with Crippen molar-refractivity contribution in [2.24, 2.45) is 0 Å². The van der Waals surface area contributed by atoms with E-state index in [0.717, 1.165) is 0 Å². The van der Waals surface area contributed by atoms with E-state index in [9.17, 15) is 13.2 Å². The molecule has 0 aliphatic rings. The predicted molar refractivity (Wildman–Crippen MR) is 57.3 cm³/mol. The molecule has 1 N–H and O–H groups in total. The van der Waals surface area contributed by atoms with Gasteiger partial charge in [-0.2, -0.15) is 5.10 Å². The molecule has 1 aromatic heterocycles. The molecule has 0 bridgehead atoms. The first-order valence-corrected chi connectivity index (χ1v) is 6.74. The van der Waals surface area contributed by atoms with Crippen molar-refractivity contribution in [1.82, 2.24) is 9.78 Å². The van der Waals surface area contributed by atoms with E-state index in [2.05, 4.69) is 5.10 Å². The summed E-state index contributed by atoms with van der Waals surface area (Å²) in [5, 5.41) is 12.6. The molecule has 6 nitrogen and oxygen atoms in total. The van der Waals surface area contributed by atoms with Crippen molar-refractivity contribution in [1.29, 1.82) is 0 Å². The monoisotopic (exact) mass is 266 g/mol. The Hall–Kier alpha value is -1.08. The Balaban J connectivity index is 3.64. The third-order valence-electron chi connectivity index (χ3n) is 2.03. The Morgan fingerprint density at radius 2 is 2.00 bits per heavy atom.